The maximum absolute atomic E-state index is 12.5. The van der Waals surface area contributed by atoms with Crippen molar-refractivity contribution in [2.45, 2.75) is 12.3 Å². The number of anilines is 1. The van der Waals surface area contributed by atoms with E-state index in [4.69, 9.17) is 5.21 Å². The smallest absolute Gasteiger partial charge is 0.267 e. The average Bonchev–Trinajstić information content (AvgIpc) is 3.42. The minimum atomic E-state index is -0.623. The van der Waals surface area contributed by atoms with E-state index in [0.29, 0.717) is 11.3 Å². The second-order valence-corrected chi connectivity index (χ2v) is 5.75. The van der Waals surface area contributed by atoms with Gasteiger partial charge in [-0.1, -0.05) is 48.5 Å². The normalized spacial score (nSPS) is 19.0. The zero-order valence-corrected chi connectivity index (χ0v) is 13.0. The Morgan fingerprint density at radius 3 is 2.50 bits per heavy atom. The van der Waals surface area contributed by atoms with Crippen molar-refractivity contribution < 1.29 is 14.8 Å². The van der Waals surface area contributed by atoms with Crippen molar-refractivity contribution in [3.8, 4) is 0 Å². The van der Waals surface area contributed by atoms with Gasteiger partial charge in [-0.3, -0.25) is 14.8 Å². The molecule has 5 nitrogen and oxygen atoms in total. The van der Waals surface area contributed by atoms with Crippen LogP contribution in [0.2, 0.25) is 0 Å². The van der Waals surface area contributed by atoms with Gasteiger partial charge >= 0.3 is 0 Å². The van der Waals surface area contributed by atoms with Gasteiger partial charge in [0.25, 0.3) is 5.91 Å². The molecule has 2 unspecified atom stereocenters. The number of hydrogen-bond donors (Lipinski definition) is 3. The third-order valence-electron chi connectivity index (χ3n) is 4.10. The number of carbonyl (C=O) groups is 2. The van der Waals surface area contributed by atoms with Crippen LogP contribution in [0.5, 0.6) is 0 Å². The summed E-state index contributed by atoms with van der Waals surface area (Å²) in [6.07, 6.45) is 3.60. The molecule has 3 rings (SSSR count). The number of hydroxylamine groups is 1. The lowest BCUT2D eigenvalue weighted by Gasteiger charge is -2.08. The molecule has 2 aromatic rings. The minimum absolute atomic E-state index is 0.0173. The summed E-state index contributed by atoms with van der Waals surface area (Å²) in [5.74, 6) is -0.391. The van der Waals surface area contributed by atoms with Gasteiger partial charge in [0, 0.05) is 17.7 Å². The molecule has 0 saturated heterocycles. The molecule has 0 bridgehead atoms. The molecular formula is C19H18N2O3. The number of amides is 2. The number of hydrogen-bond acceptors (Lipinski definition) is 3. The van der Waals surface area contributed by atoms with Crippen LogP contribution in [0.1, 0.15) is 23.5 Å². The number of para-hydroxylation sites is 1. The van der Waals surface area contributed by atoms with E-state index in [1.54, 1.807) is 18.2 Å². The van der Waals surface area contributed by atoms with Crippen molar-refractivity contribution in [1.29, 1.82) is 0 Å². The molecule has 0 heterocycles. The highest BCUT2D eigenvalue weighted by Gasteiger charge is 2.43. The van der Waals surface area contributed by atoms with Gasteiger partial charge in [-0.2, -0.15) is 0 Å². The summed E-state index contributed by atoms with van der Waals surface area (Å²) >= 11 is 0. The summed E-state index contributed by atoms with van der Waals surface area (Å²) in [6, 6.07) is 17.2. The third kappa shape index (κ3) is 3.70. The predicted molar refractivity (Wildman–Crippen MR) is 91.3 cm³/mol. The van der Waals surface area contributed by atoms with E-state index < -0.39 is 5.91 Å². The second kappa shape index (κ2) is 7.10. The maximum Gasteiger partial charge on any atom is 0.267 e. The van der Waals surface area contributed by atoms with Crippen molar-refractivity contribution in [3.63, 3.8) is 0 Å². The van der Waals surface area contributed by atoms with Crippen LogP contribution in [0.25, 0.3) is 6.08 Å². The van der Waals surface area contributed by atoms with Gasteiger partial charge in [-0.05, 0) is 35.6 Å². The summed E-state index contributed by atoms with van der Waals surface area (Å²) in [5.41, 5.74) is 4.06. The van der Waals surface area contributed by atoms with Crippen LogP contribution < -0.4 is 10.8 Å². The molecule has 1 aliphatic rings. The van der Waals surface area contributed by atoms with Crippen LogP contribution in [0, 0.1) is 5.92 Å². The zero-order chi connectivity index (χ0) is 16.9. The summed E-state index contributed by atoms with van der Waals surface area (Å²) in [5, 5.41) is 11.5. The topological polar surface area (TPSA) is 78.4 Å². The van der Waals surface area contributed by atoms with Gasteiger partial charge in [0.05, 0.1) is 0 Å². The Morgan fingerprint density at radius 1 is 1.04 bits per heavy atom. The fourth-order valence-electron chi connectivity index (χ4n) is 2.74. The predicted octanol–water partition coefficient (Wildman–Crippen LogP) is 2.95. The molecule has 3 N–H and O–H groups in total. The molecule has 0 radical (unpaired) electrons. The van der Waals surface area contributed by atoms with Gasteiger partial charge in [0.15, 0.2) is 0 Å². The molecule has 0 spiro atoms. The Kier molecular flexibility index (Phi) is 4.72. The molecule has 122 valence electrons. The monoisotopic (exact) mass is 322 g/mol. The zero-order valence-electron chi connectivity index (χ0n) is 13.0. The van der Waals surface area contributed by atoms with E-state index in [1.807, 2.05) is 42.5 Å². The third-order valence-corrected chi connectivity index (χ3v) is 4.10. The maximum atomic E-state index is 12.5. The minimum Gasteiger partial charge on any atom is -0.325 e. The second-order valence-electron chi connectivity index (χ2n) is 5.75. The van der Waals surface area contributed by atoms with E-state index in [2.05, 4.69) is 5.32 Å². The first-order valence-electron chi connectivity index (χ1n) is 7.76. The number of carbonyl (C=O) groups excluding carboxylic acids is 2. The van der Waals surface area contributed by atoms with Crippen LogP contribution in [0.4, 0.5) is 5.69 Å². The molecular weight excluding hydrogens is 304 g/mol. The van der Waals surface area contributed by atoms with Gasteiger partial charge in [-0.25, -0.2) is 5.48 Å². The van der Waals surface area contributed by atoms with Gasteiger partial charge < -0.3 is 5.32 Å². The molecule has 5 heteroatoms. The van der Waals surface area contributed by atoms with Crippen LogP contribution in [0.15, 0.2) is 60.7 Å². The van der Waals surface area contributed by atoms with E-state index in [-0.39, 0.29) is 17.7 Å². The Labute approximate surface area is 140 Å². The summed E-state index contributed by atoms with van der Waals surface area (Å²) < 4.78 is 0. The Balaban J connectivity index is 1.68. The van der Waals surface area contributed by atoms with E-state index in [1.165, 1.54) is 17.1 Å². The van der Waals surface area contributed by atoms with Crippen molar-refractivity contribution in [1.82, 2.24) is 5.48 Å². The van der Waals surface area contributed by atoms with E-state index in [9.17, 15) is 9.59 Å². The van der Waals surface area contributed by atoms with E-state index in [0.717, 1.165) is 6.42 Å². The summed E-state index contributed by atoms with van der Waals surface area (Å²) in [6.45, 7) is 0. The van der Waals surface area contributed by atoms with Crippen molar-refractivity contribution in [2.24, 2.45) is 5.92 Å². The first kappa shape index (κ1) is 16.0. The molecule has 24 heavy (non-hydrogen) atoms. The highest BCUT2D eigenvalue weighted by atomic mass is 16.5. The molecule has 0 aromatic heterocycles. The quantitative estimate of drug-likeness (QED) is 0.450. The van der Waals surface area contributed by atoms with Crippen LogP contribution in [0.3, 0.4) is 0 Å². The first-order chi connectivity index (χ1) is 11.7. The van der Waals surface area contributed by atoms with Crippen LogP contribution in [-0.4, -0.2) is 17.0 Å². The lowest BCUT2D eigenvalue weighted by molar-refractivity contribution is -0.124. The summed E-state index contributed by atoms with van der Waals surface area (Å²) in [7, 11) is 0. The highest BCUT2D eigenvalue weighted by molar-refractivity contribution is 5.98. The van der Waals surface area contributed by atoms with Crippen molar-refractivity contribution >= 4 is 23.6 Å². The van der Waals surface area contributed by atoms with Gasteiger partial charge in [0.2, 0.25) is 5.91 Å². The van der Waals surface area contributed by atoms with Crippen molar-refractivity contribution in [3.05, 3.63) is 71.8 Å². The molecule has 2 aromatic carbocycles. The molecule has 1 aliphatic carbocycles. The lowest BCUT2D eigenvalue weighted by atomic mass is 10.1. The van der Waals surface area contributed by atoms with Crippen molar-refractivity contribution in [2.75, 3.05) is 5.32 Å². The lowest BCUT2D eigenvalue weighted by Crippen LogP contribution is -2.16. The Morgan fingerprint density at radius 2 is 1.75 bits per heavy atom. The number of benzene rings is 2. The molecule has 2 atom stereocenters. The largest absolute Gasteiger partial charge is 0.325 e. The Hall–Kier alpha value is -2.92. The summed E-state index contributed by atoms with van der Waals surface area (Å²) in [4.78, 5) is 23.6. The number of nitrogens with one attached hydrogen (secondary N) is 2. The molecule has 1 saturated carbocycles. The van der Waals surface area contributed by atoms with Crippen LogP contribution >= 0.6 is 0 Å². The number of rotatable bonds is 5. The first-order valence-corrected chi connectivity index (χ1v) is 7.76. The Bertz CT molecular complexity index is 771. The highest BCUT2D eigenvalue weighted by Crippen LogP contribution is 2.47. The van der Waals surface area contributed by atoms with E-state index >= 15 is 0 Å². The molecule has 2 amide bonds. The molecule has 1 fully saturated rings. The average molecular weight is 322 g/mol. The SMILES string of the molecule is O=C(/C=C/c1ccccc1NC(=O)C1CC1c1ccccc1)NO. The van der Waals surface area contributed by atoms with Crippen LogP contribution in [-0.2, 0) is 9.59 Å². The molecule has 0 aliphatic heterocycles. The standard InChI is InChI=1S/C19H18N2O3/c22-18(21-24)11-10-14-8-4-5-9-17(14)20-19(23)16-12-15(16)13-6-2-1-3-7-13/h1-11,15-16,24H,12H2,(H,20,23)(H,21,22)/b11-10+. The van der Waals surface area contributed by atoms with Gasteiger partial charge in [-0.15, -0.1) is 0 Å². The fourth-order valence-corrected chi connectivity index (χ4v) is 2.74. The van der Waals surface area contributed by atoms with Gasteiger partial charge in [0.1, 0.15) is 0 Å². The fraction of sp³-hybridized carbons (Fsp3) is 0.158.